The number of nitrogens with one attached hydrogen (secondary N) is 2. The Bertz CT molecular complexity index is 1940. The first-order valence-corrected chi connectivity index (χ1v) is 15.6. The molecule has 0 saturated heterocycles. The Kier molecular flexibility index (Phi) is 7.49. The van der Waals surface area contributed by atoms with E-state index >= 15 is 4.39 Å². The van der Waals surface area contributed by atoms with Crippen LogP contribution in [0.5, 0.6) is 5.88 Å². The van der Waals surface area contributed by atoms with Gasteiger partial charge in [0.2, 0.25) is 12.0 Å². The number of carbonyl (C=O) groups is 2. The van der Waals surface area contributed by atoms with Gasteiger partial charge in [0, 0.05) is 29.7 Å². The van der Waals surface area contributed by atoms with Crippen LogP contribution in [0.25, 0.3) is 11.3 Å². The predicted molar refractivity (Wildman–Crippen MR) is 158 cm³/mol. The first kappa shape index (κ1) is 29.2. The van der Waals surface area contributed by atoms with Crippen LogP contribution in [-0.4, -0.2) is 53.7 Å². The number of anilines is 1. The smallest absolute Gasteiger partial charge is 0.269 e. The van der Waals surface area contributed by atoms with Crippen molar-refractivity contribution in [2.45, 2.75) is 44.0 Å². The van der Waals surface area contributed by atoms with Gasteiger partial charge in [-0.15, -0.1) is 0 Å². The number of aromatic nitrogens is 2. The molecule has 3 aromatic carbocycles. The number of nitrogens with zero attached hydrogens (tertiary/aromatic N) is 3. The third kappa shape index (κ3) is 5.23. The summed E-state index contributed by atoms with van der Waals surface area (Å²) in [6, 6.07) is 16.5. The average molecular weight is 620 g/mol. The number of ether oxygens (including phenoxy) is 1. The van der Waals surface area contributed by atoms with Crippen molar-refractivity contribution in [3.63, 3.8) is 0 Å². The Morgan fingerprint density at radius 1 is 1.07 bits per heavy atom. The molecule has 0 spiro atoms. The van der Waals surface area contributed by atoms with Crippen LogP contribution in [0.2, 0.25) is 0 Å². The van der Waals surface area contributed by atoms with Gasteiger partial charge in [0.1, 0.15) is 22.9 Å². The van der Waals surface area contributed by atoms with Gasteiger partial charge in [-0.05, 0) is 31.2 Å². The van der Waals surface area contributed by atoms with Crippen molar-refractivity contribution in [2.75, 3.05) is 11.1 Å². The zero-order chi connectivity index (χ0) is 31.2. The van der Waals surface area contributed by atoms with E-state index in [0.29, 0.717) is 24.1 Å². The summed E-state index contributed by atoms with van der Waals surface area (Å²) in [5.74, 6) is -3.37. The Labute approximate surface area is 251 Å². The summed E-state index contributed by atoms with van der Waals surface area (Å²) >= 11 is 0. The normalized spacial score (nSPS) is 17.8. The highest BCUT2D eigenvalue weighted by Crippen LogP contribution is 2.36. The molecule has 2 atom stereocenters. The summed E-state index contributed by atoms with van der Waals surface area (Å²) in [6.45, 7) is 3.63. The predicted octanol–water partition coefficient (Wildman–Crippen LogP) is 4.34. The molecule has 4 aromatic rings. The highest BCUT2D eigenvalue weighted by molar-refractivity contribution is 7.91. The Balaban J connectivity index is 1.44. The van der Waals surface area contributed by atoms with Gasteiger partial charge in [-0.2, -0.15) is 5.10 Å². The molecular weight excluding hydrogens is 592 g/mol. The van der Waals surface area contributed by atoms with Crippen molar-refractivity contribution in [1.82, 2.24) is 15.1 Å². The van der Waals surface area contributed by atoms with E-state index < -0.39 is 39.5 Å². The van der Waals surface area contributed by atoms with E-state index in [4.69, 9.17) is 4.74 Å². The molecular formula is C31H27F2N5O5S. The van der Waals surface area contributed by atoms with Crippen LogP contribution in [0.4, 0.5) is 14.5 Å². The van der Waals surface area contributed by atoms with Crippen LogP contribution in [0.3, 0.4) is 0 Å². The Morgan fingerprint density at radius 2 is 1.84 bits per heavy atom. The molecule has 226 valence electrons. The second-order valence-electron chi connectivity index (χ2n) is 10.4. The van der Waals surface area contributed by atoms with E-state index in [0.717, 1.165) is 6.07 Å². The first-order valence-electron chi connectivity index (χ1n) is 13.9. The number of aliphatic imine (C=N–C) groups is 1. The number of benzene rings is 3. The molecule has 2 N–H and O–H groups in total. The SMILES string of the molecule is CCS(=O)(=O)c1ccc(-c2nn3c(c2C(=O)N[C@H]2N=C(c4ccccc4)c4cccc(F)c4NC2=O)O[C@H](C)CC3)c(F)c1. The summed E-state index contributed by atoms with van der Waals surface area (Å²) in [5.41, 5.74) is 0.716. The van der Waals surface area contributed by atoms with Crippen molar-refractivity contribution in [1.29, 1.82) is 0 Å². The zero-order valence-corrected chi connectivity index (χ0v) is 24.5. The fourth-order valence-electron chi connectivity index (χ4n) is 5.13. The van der Waals surface area contributed by atoms with Crippen LogP contribution in [0, 0.1) is 11.6 Å². The number of hydrogen-bond acceptors (Lipinski definition) is 7. The van der Waals surface area contributed by atoms with E-state index in [1.807, 2.05) is 6.92 Å². The third-order valence-electron chi connectivity index (χ3n) is 7.47. The number of amides is 2. The van der Waals surface area contributed by atoms with Gasteiger partial charge < -0.3 is 15.4 Å². The number of para-hydroxylation sites is 1. The zero-order valence-electron chi connectivity index (χ0n) is 23.7. The van der Waals surface area contributed by atoms with Gasteiger partial charge in [-0.3, -0.25) is 9.59 Å². The number of halogens is 2. The minimum absolute atomic E-state index is 0.0662. The van der Waals surface area contributed by atoms with Crippen LogP contribution in [0.15, 0.2) is 76.6 Å². The van der Waals surface area contributed by atoms with Crippen molar-refractivity contribution in [2.24, 2.45) is 4.99 Å². The number of sulfone groups is 1. The molecule has 2 aliphatic rings. The number of carbonyl (C=O) groups excluding carboxylic acids is 2. The second kappa shape index (κ2) is 11.3. The molecule has 2 aliphatic heterocycles. The number of aryl methyl sites for hydroxylation is 1. The van der Waals surface area contributed by atoms with E-state index in [2.05, 4.69) is 20.7 Å². The lowest BCUT2D eigenvalue weighted by atomic mass is 10.0. The monoisotopic (exact) mass is 619 g/mol. The summed E-state index contributed by atoms with van der Waals surface area (Å²) < 4.78 is 62.4. The van der Waals surface area contributed by atoms with Gasteiger partial charge in [-0.1, -0.05) is 49.4 Å². The Morgan fingerprint density at radius 3 is 2.57 bits per heavy atom. The molecule has 13 heteroatoms. The number of benzodiazepines with no additional fused rings is 1. The summed E-state index contributed by atoms with van der Waals surface area (Å²) in [5, 5.41) is 9.56. The first-order chi connectivity index (χ1) is 21.1. The molecule has 10 nitrogen and oxygen atoms in total. The lowest BCUT2D eigenvalue weighted by Crippen LogP contribution is -2.42. The quantitative estimate of drug-likeness (QED) is 0.330. The molecule has 0 bridgehead atoms. The second-order valence-corrected chi connectivity index (χ2v) is 12.7. The maximum absolute atomic E-state index is 15.5. The van der Waals surface area contributed by atoms with Gasteiger partial charge in [0.25, 0.3) is 11.8 Å². The minimum atomic E-state index is -3.69. The summed E-state index contributed by atoms with van der Waals surface area (Å²) in [6.07, 6.45) is -1.23. The van der Waals surface area contributed by atoms with Gasteiger partial charge in [0.05, 0.1) is 28.2 Å². The number of hydrogen-bond donors (Lipinski definition) is 2. The lowest BCUT2D eigenvalue weighted by molar-refractivity contribution is -0.117. The molecule has 0 radical (unpaired) electrons. The maximum Gasteiger partial charge on any atom is 0.269 e. The minimum Gasteiger partial charge on any atom is -0.474 e. The van der Waals surface area contributed by atoms with Crippen LogP contribution < -0.4 is 15.4 Å². The van der Waals surface area contributed by atoms with Crippen molar-refractivity contribution in [3.05, 3.63) is 95.1 Å². The maximum atomic E-state index is 15.5. The Hall–Kier alpha value is -4.91. The van der Waals surface area contributed by atoms with E-state index in [1.54, 1.807) is 36.4 Å². The lowest BCUT2D eigenvalue weighted by Gasteiger charge is -2.22. The molecule has 3 heterocycles. The van der Waals surface area contributed by atoms with Crippen molar-refractivity contribution < 1.29 is 31.5 Å². The molecule has 44 heavy (non-hydrogen) atoms. The fraction of sp³-hybridized carbons (Fsp3) is 0.226. The fourth-order valence-corrected chi connectivity index (χ4v) is 6.02. The topological polar surface area (TPSA) is 132 Å². The third-order valence-corrected chi connectivity index (χ3v) is 9.20. The van der Waals surface area contributed by atoms with Crippen molar-refractivity contribution >= 4 is 33.1 Å². The molecule has 0 aliphatic carbocycles. The number of rotatable bonds is 6. The van der Waals surface area contributed by atoms with E-state index in [1.165, 1.54) is 35.9 Å². The highest BCUT2D eigenvalue weighted by Gasteiger charge is 2.35. The summed E-state index contributed by atoms with van der Waals surface area (Å²) in [7, 11) is -3.69. The average Bonchev–Trinajstić information content (AvgIpc) is 3.31. The van der Waals surface area contributed by atoms with Crippen molar-refractivity contribution in [3.8, 4) is 17.1 Å². The van der Waals surface area contributed by atoms with Crippen LogP contribution >= 0.6 is 0 Å². The largest absolute Gasteiger partial charge is 0.474 e. The highest BCUT2D eigenvalue weighted by atomic mass is 32.2. The van der Waals surface area contributed by atoms with E-state index in [-0.39, 0.29) is 50.9 Å². The molecule has 0 saturated carbocycles. The molecule has 1 aromatic heterocycles. The van der Waals surface area contributed by atoms with Crippen LogP contribution in [-0.2, 0) is 21.2 Å². The van der Waals surface area contributed by atoms with Crippen LogP contribution in [0.1, 0.15) is 41.8 Å². The van der Waals surface area contributed by atoms with E-state index in [9.17, 15) is 22.4 Å². The van der Waals surface area contributed by atoms with Gasteiger partial charge in [0.15, 0.2) is 9.84 Å². The number of fused-ring (bicyclic) bond motifs is 2. The van der Waals surface area contributed by atoms with Gasteiger partial charge in [-0.25, -0.2) is 26.9 Å². The standard InChI is InChI=1S/C31H27F2N5O5S/c1-3-44(41,42)19-12-13-20(23(33)16-19)27-24(31-38(37-27)15-14-17(2)43-31)29(39)36-28-30(40)35-26-21(10-7-11-22(26)32)25(34-28)18-8-5-4-6-9-18/h4-13,16-17,28H,3,14-15H2,1-2H3,(H,35,40)(H,36,39)/t17-,28-/m1/s1. The van der Waals surface area contributed by atoms with Gasteiger partial charge >= 0.3 is 0 Å². The molecule has 2 amide bonds. The molecule has 0 unspecified atom stereocenters. The molecule has 0 fully saturated rings. The summed E-state index contributed by atoms with van der Waals surface area (Å²) in [4.78, 5) is 31.7. The molecule has 6 rings (SSSR count).